The zero-order valence-electron chi connectivity index (χ0n) is 13.3. The van der Waals surface area contributed by atoms with Crippen molar-refractivity contribution >= 4 is 11.6 Å². The first-order valence-corrected chi connectivity index (χ1v) is 7.43. The number of fused-ring (bicyclic) bond motifs is 2. The van der Waals surface area contributed by atoms with Crippen LogP contribution in [-0.2, 0) is 11.3 Å². The number of phenolic OH excluding ortho intramolecular Hbond substituents is 2. The van der Waals surface area contributed by atoms with Crippen molar-refractivity contribution in [3.63, 3.8) is 0 Å². The molecule has 0 heterocycles. The van der Waals surface area contributed by atoms with Crippen molar-refractivity contribution in [2.24, 2.45) is 0 Å². The third-order valence-corrected chi connectivity index (χ3v) is 4.00. The number of rotatable bonds is 4. The summed E-state index contributed by atoms with van der Waals surface area (Å²) in [5.74, 6) is -1.33. The number of phenols is 2. The van der Waals surface area contributed by atoms with Gasteiger partial charge in [0.15, 0.2) is 5.78 Å². The Bertz CT molecular complexity index is 853. The summed E-state index contributed by atoms with van der Waals surface area (Å²) in [7, 11) is 1.35. The topological polar surface area (TPSA) is 93.1 Å². The fourth-order valence-electron chi connectivity index (χ4n) is 2.90. The van der Waals surface area contributed by atoms with E-state index >= 15 is 0 Å². The van der Waals surface area contributed by atoms with Gasteiger partial charge in [-0.3, -0.25) is 9.59 Å². The van der Waals surface area contributed by atoms with Gasteiger partial charge < -0.3 is 19.7 Å². The van der Waals surface area contributed by atoms with Crippen LogP contribution in [0.5, 0.6) is 17.2 Å². The summed E-state index contributed by atoms with van der Waals surface area (Å²) in [6.45, 7) is 2.24. The number of benzene rings is 2. The van der Waals surface area contributed by atoms with Gasteiger partial charge in [-0.1, -0.05) is 12.1 Å². The minimum absolute atomic E-state index is 0.0315. The van der Waals surface area contributed by atoms with Crippen LogP contribution in [0.3, 0.4) is 0 Å². The first-order valence-electron chi connectivity index (χ1n) is 7.43. The van der Waals surface area contributed by atoms with Gasteiger partial charge in [0.25, 0.3) is 0 Å². The maximum atomic E-state index is 12.9. The molecule has 1 aliphatic rings. The van der Waals surface area contributed by atoms with E-state index in [2.05, 4.69) is 0 Å². The highest BCUT2D eigenvalue weighted by Crippen LogP contribution is 2.42. The molecule has 24 heavy (non-hydrogen) atoms. The average molecular weight is 328 g/mol. The Kier molecular flexibility index (Phi) is 3.99. The van der Waals surface area contributed by atoms with Gasteiger partial charge in [-0.05, 0) is 19.1 Å². The van der Waals surface area contributed by atoms with E-state index in [1.54, 1.807) is 6.92 Å². The second kappa shape index (κ2) is 5.98. The standard InChI is InChI=1S/C18H16O6/c1-3-24-8-11-13(20)7-10-15(18(11)23-2)17(22)14-9(16(10)21)5-4-6-12(14)19/h4-7,19-20H,3,8H2,1-2H3. The molecule has 2 N–H and O–H groups in total. The SMILES string of the molecule is CCOCc1c(O)cc2c(c1OC)C(=O)c1c(O)cccc1C2=O. The van der Waals surface area contributed by atoms with Gasteiger partial charge in [-0.25, -0.2) is 0 Å². The molecule has 0 radical (unpaired) electrons. The summed E-state index contributed by atoms with van der Waals surface area (Å²) in [5.41, 5.74) is 0.419. The predicted octanol–water partition coefficient (Wildman–Crippen LogP) is 2.42. The van der Waals surface area contributed by atoms with E-state index in [1.807, 2.05) is 0 Å². The molecule has 0 atom stereocenters. The molecule has 0 aliphatic heterocycles. The number of aromatic hydroxyl groups is 2. The van der Waals surface area contributed by atoms with Crippen LogP contribution in [0.15, 0.2) is 24.3 Å². The third kappa shape index (κ3) is 2.23. The summed E-state index contributed by atoms with van der Waals surface area (Å²) in [5, 5.41) is 20.2. The van der Waals surface area contributed by atoms with Crippen molar-refractivity contribution in [3.8, 4) is 17.2 Å². The van der Waals surface area contributed by atoms with E-state index < -0.39 is 11.6 Å². The smallest absolute Gasteiger partial charge is 0.201 e. The fourth-order valence-corrected chi connectivity index (χ4v) is 2.90. The van der Waals surface area contributed by atoms with Gasteiger partial charge in [0, 0.05) is 17.7 Å². The molecule has 0 saturated carbocycles. The first kappa shape index (κ1) is 16.0. The van der Waals surface area contributed by atoms with Crippen LogP contribution in [0.4, 0.5) is 0 Å². The molecule has 3 rings (SSSR count). The monoisotopic (exact) mass is 328 g/mol. The summed E-state index contributed by atoms with van der Waals surface area (Å²) in [4.78, 5) is 25.6. The summed E-state index contributed by atoms with van der Waals surface area (Å²) in [6, 6.07) is 5.56. The molecule has 0 saturated heterocycles. The van der Waals surface area contributed by atoms with Gasteiger partial charge >= 0.3 is 0 Å². The molecule has 2 aromatic carbocycles. The van der Waals surface area contributed by atoms with E-state index in [0.29, 0.717) is 6.61 Å². The molecule has 6 heteroatoms. The molecular weight excluding hydrogens is 312 g/mol. The third-order valence-electron chi connectivity index (χ3n) is 4.00. The minimum Gasteiger partial charge on any atom is -0.507 e. The Morgan fingerprint density at radius 2 is 1.75 bits per heavy atom. The zero-order valence-corrected chi connectivity index (χ0v) is 13.3. The quantitative estimate of drug-likeness (QED) is 0.764. The molecule has 1 aliphatic carbocycles. The first-order chi connectivity index (χ1) is 11.5. The van der Waals surface area contributed by atoms with Gasteiger partial charge in [0.05, 0.1) is 30.4 Å². The Morgan fingerprint density at radius 1 is 1.00 bits per heavy atom. The number of carbonyl (C=O) groups is 2. The number of methoxy groups -OCH3 is 1. The number of hydrogen-bond donors (Lipinski definition) is 2. The average Bonchev–Trinajstić information content (AvgIpc) is 2.57. The van der Waals surface area contributed by atoms with Crippen molar-refractivity contribution in [2.75, 3.05) is 13.7 Å². The highest BCUT2D eigenvalue weighted by molar-refractivity contribution is 6.30. The molecule has 0 unspecified atom stereocenters. The largest absolute Gasteiger partial charge is 0.507 e. The molecule has 0 spiro atoms. The van der Waals surface area contributed by atoms with Gasteiger partial charge in [-0.15, -0.1) is 0 Å². The summed E-state index contributed by atoms with van der Waals surface area (Å²) < 4.78 is 10.6. The molecule has 2 aromatic rings. The van der Waals surface area contributed by atoms with Crippen LogP contribution >= 0.6 is 0 Å². The Balaban J connectivity index is 2.29. The van der Waals surface area contributed by atoms with Gasteiger partial charge in [-0.2, -0.15) is 0 Å². The molecule has 0 amide bonds. The summed E-state index contributed by atoms with van der Waals surface area (Å²) in [6.07, 6.45) is 0. The van der Waals surface area contributed by atoms with Crippen LogP contribution in [0, 0.1) is 0 Å². The van der Waals surface area contributed by atoms with Crippen molar-refractivity contribution in [3.05, 3.63) is 52.1 Å². The highest BCUT2D eigenvalue weighted by Gasteiger charge is 2.36. The zero-order chi connectivity index (χ0) is 17.4. The molecule has 6 nitrogen and oxygen atoms in total. The van der Waals surface area contributed by atoms with Gasteiger partial charge in [0.1, 0.15) is 17.2 Å². The van der Waals surface area contributed by atoms with Crippen LogP contribution < -0.4 is 4.74 Å². The van der Waals surface area contributed by atoms with Crippen LogP contribution in [-0.4, -0.2) is 35.5 Å². The lowest BCUT2D eigenvalue weighted by Gasteiger charge is -2.22. The van der Waals surface area contributed by atoms with E-state index in [-0.39, 0.29) is 51.7 Å². The fraction of sp³-hybridized carbons (Fsp3) is 0.222. The van der Waals surface area contributed by atoms with E-state index in [0.717, 1.165) is 0 Å². The number of ketones is 2. The lowest BCUT2D eigenvalue weighted by molar-refractivity contribution is 0.0971. The molecule has 0 fully saturated rings. The number of ether oxygens (including phenoxy) is 2. The Morgan fingerprint density at radius 3 is 2.42 bits per heavy atom. The second-order valence-electron chi connectivity index (χ2n) is 5.33. The van der Waals surface area contributed by atoms with Gasteiger partial charge in [0.2, 0.25) is 5.78 Å². The van der Waals surface area contributed by atoms with Crippen molar-refractivity contribution in [2.45, 2.75) is 13.5 Å². The second-order valence-corrected chi connectivity index (χ2v) is 5.33. The van der Waals surface area contributed by atoms with Crippen molar-refractivity contribution in [1.29, 1.82) is 0 Å². The maximum absolute atomic E-state index is 12.9. The number of hydrogen-bond acceptors (Lipinski definition) is 6. The molecule has 0 bridgehead atoms. The van der Waals surface area contributed by atoms with E-state index in [4.69, 9.17) is 9.47 Å². The van der Waals surface area contributed by atoms with E-state index in [9.17, 15) is 19.8 Å². The van der Waals surface area contributed by atoms with E-state index in [1.165, 1.54) is 31.4 Å². The molecule has 124 valence electrons. The summed E-state index contributed by atoms with van der Waals surface area (Å²) >= 11 is 0. The molecular formula is C18H16O6. The maximum Gasteiger partial charge on any atom is 0.201 e. The van der Waals surface area contributed by atoms with Crippen molar-refractivity contribution in [1.82, 2.24) is 0 Å². The van der Waals surface area contributed by atoms with Crippen LogP contribution in [0.25, 0.3) is 0 Å². The Labute approximate surface area is 138 Å². The number of carbonyl (C=O) groups excluding carboxylic acids is 2. The normalized spacial score (nSPS) is 12.8. The molecule has 0 aromatic heterocycles. The van der Waals surface area contributed by atoms with Crippen LogP contribution in [0.2, 0.25) is 0 Å². The van der Waals surface area contributed by atoms with Crippen LogP contribution in [0.1, 0.15) is 44.3 Å². The predicted molar refractivity (Wildman–Crippen MR) is 85.0 cm³/mol. The van der Waals surface area contributed by atoms with Crippen molar-refractivity contribution < 1.29 is 29.3 Å². The minimum atomic E-state index is -0.521. The lowest BCUT2D eigenvalue weighted by Crippen LogP contribution is -2.22. The Hall–Kier alpha value is -2.86. The highest BCUT2D eigenvalue weighted by atomic mass is 16.5. The lowest BCUT2D eigenvalue weighted by atomic mass is 9.82.